The number of methoxy groups -OCH3 is 1. The minimum atomic E-state index is -3.81. The van der Waals surface area contributed by atoms with E-state index in [0.29, 0.717) is 35.9 Å². The van der Waals surface area contributed by atoms with Gasteiger partial charge in [0.2, 0.25) is 10.0 Å². The zero-order valence-electron chi connectivity index (χ0n) is 19.7. The van der Waals surface area contributed by atoms with Gasteiger partial charge in [-0.3, -0.25) is 10.1 Å². The summed E-state index contributed by atoms with van der Waals surface area (Å²) in [6.45, 7) is 4.33. The molecule has 35 heavy (non-hydrogen) atoms. The predicted octanol–water partition coefficient (Wildman–Crippen LogP) is 3.73. The van der Waals surface area contributed by atoms with Crippen LogP contribution in [0.15, 0.2) is 47.6 Å². The Morgan fingerprint density at radius 2 is 1.89 bits per heavy atom. The third-order valence-corrected chi connectivity index (χ3v) is 8.25. The van der Waals surface area contributed by atoms with Crippen molar-refractivity contribution < 1.29 is 22.8 Å². The van der Waals surface area contributed by atoms with Crippen LogP contribution < -0.4 is 18.9 Å². The van der Waals surface area contributed by atoms with E-state index < -0.39 is 25.6 Å². The van der Waals surface area contributed by atoms with Crippen molar-refractivity contribution >= 4 is 48.5 Å². The van der Waals surface area contributed by atoms with Gasteiger partial charge >= 0.3 is 0 Å². The molecule has 3 rings (SSSR count). The highest BCUT2D eigenvalue weighted by Gasteiger charge is 2.16. The van der Waals surface area contributed by atoms with Gasteiger partial charge in [0.05, 0.1) is 29.1 Å². The second-order valence-corrected chi connectivity index (χ2v) is 11.3. The standard InChI is InChI=1S/C22H27N5O6S2/c1-15(2)25-22-18-12-20(32-3)21(13-19(18)23-14-24-22)33-10-5-11-34(4)26-35(30,31)17-8-6-16(7-9-17)27(28)29/h6-9,11-15,26H,5,10H2,1-4H3,(H,23,24,25). The van der Waals surface area contributed by atoms with Gasteiger partial charge in [0.15, 0.2) is 11.5 Å². The summed E-state index contributed by atoms with van der Waals surface area (Å²) in [6.07, 6.45) is 3.67. The first-order valence-corrected chi connectivity index (χ1v) is 13.8. The van der Waals surface area contributed by atoms with Crippen LogP contribution in [-0.4, -0.2) is 54.7 Å². The number of nitrogens with one attached hydrogen (secondary N) is 2. The van der Waals surface area contributed by atoms with E-state index >= 15 is 0 Å². The molecule has 2 N–H and O–H groups in total. The average molecular weight is 522 g/mol. The monoisotopic (exact) mass is 521 g/mol. The zero-order chi connectivity index (χ0) is 25.6. The molecule has 0 fully saturated rings. The summed E-state index contributed by atoms with van der Waals surface area (Å²) >= 11 is 0. The molecule has 0 aliphatic heterocycles. The summed E-state index contributed by atoms with van der Waals surface area (Å²) in [5, 5.41) is 16.6. The van der Waals surface area contributed by atoms with E-state index in [9.17, 15) is 18.5 Å². The van der Waals surface area contributed by atoms with Crippen LogP contribution in [0.25, 0.3) is 10.9 Å². The average Bonchev–Trinajstić information content (AvgIpc) is 2.81. The Labute approximate surface area is 206 Å². The van der Waals surface area contributed by atoms with Crippen molar-refractivity contribution in [2.75, 3.05) is 25.3 Å². The van der Waals surface area contributed by atoms with Gasteiger partial charge in [-0.1, -0.05) is 0 Å². The van der Waals surface area contributed by atoms with Crippen molar-refractivity contribution in [2.45, 2.75) is 31.2 Å². The van der Waals surface area contributed by atoms with Crippen LogP contribution in [0, 0.1) is 10.1 Å². The van der Waals surface area contributed by atoms with Crippen molar-refractivity contribution in [3.05, 3.63) is 52.8 Å². The molecule has 3 aromatic rings. The van der Waals surface area contributed by atoms with E-state index in [1.54, 1.807) is 24.8 Å². The number of nitro benzene ring substituents is 1. The molecule has 1 aromatic heterocycles. The topological polar surface area (TPSA) is 146 Å². The van der Waals surface area contributed by atoms with Crippen molar-refractivity contribution in [3.8, 4) is 11.5 Å². The lowest BCUT2D eigenvalue weighted by Crippen LogP contribution is -2.18. The summed E-state index contributed by atoms with van der Waals surface area (Å²) in [5.41, 5.74) is 0.528. The van der Waals surface area contributed by atoms with Crippen molar-refractivity contribution in [1.82, 2.24) is 14.1 Å². The number of hydrogen-bond donors (Lipinski definition) is 2. The second-order valence-electron chi connectivity index (χ2n) is 7.74. The minimum Gasteiger partial charge on any atom is -0.493 e. The molecule has 2 aromatic carbocycles. The number of rotatable bonds is 11. The fourth-order valence-corrected chi connectivity index (χ4v) is 6.11. The number of fused-ring (bicyclic) bond motifs is 1. The lowest BCUT2D eigenvalue weighted by molar-refractivity contribution is -0.384. The first kappa shape index (κ1) is 26.3. The molecule has 0 aliphatic rings. The first-order chi connectivity index (χ1) is 16.6. The molecule has 1 unspecified atom stereocenters. The Balaban J connectivity index is 1.65. The number of hydrogen-bond acceptors (Lipinski definition) is 9. The Morgan fingerprint density at radius 3 is 2.51 bits per heavy atom. The Bertz CT molecular complexity index is 1340. The van der Waals surface area contributed by atoms with Crippen LogP contribution >= 0.6 is 10.7 Å². The molecule has 0 spiro atoms. The lowest BCUT2D eigenvalue weighted by Gasteiger charge is -2.14. The molecule has 1 atom stereocenters. The summed E-state index contributed by atoms with van der Waals surface area (Å²) in [4.78, 5) is 18.8. The minimum absolute atomic E-state index is 0.0404. The molecular formula is C22H27N5O6S2. The van der Waals surface area contributed by atoms with Crippen LogP contribution in [0.5, 0.6) is 11.5 Å². The summed E-state index contributed by atoms with van der Waals surface area (Å²) in [6, 6.07) is 8.53. The Morgan fingerprint density at radius 1 is 1.17 bits per heavy atom. The maximum absolute atomic E-state index is 12.5. The molecule has 0 bridgehead atoms. The van der Waals surface area contributed by atoms with Crippen molar-refractivity contribution in [2.24, 2.45) is 0 Å². The van der Waals surface area contributed by atoms with Gasteiger partial charge in [0.1, 0.15) is 12.1 Å². The van der Waals surface area contributed by atoms with Crippen molar-refractivity contribution in [1.29, 1.82) is 0 Å². The van der Waals surface area contributed by atoms with Gasteiger partial charge in [0, 0.05) is 36.0 Å². The van der Waals surface area contributed by atoms with Gasteiger partial charge in [0.25, 0.3) is 5.69 Å². The molecule has 1 heterocycles. The fourth-order valence-electron chi connectivity index (χ4n) is 3.12. The molecule has 13 heteroatoms. The van der Waals surface area contributed by atoms with E-state index in [1.165, 1.54) is 18.5 Å². The van der Waals surface area contributed by atoms with Gasteiger partial charge in [-0.15, -0.1) is 10.7 Å². The number of nitro groups is 1. The number of sulfonamides is 1. The van der Waals surface area contributed by atoms with E-state index in [2.05, 4.69) is 19.4 Å². The molecule has 0 amide bonds. The number of aromatic nitrogens is 2. The lowest BCUT2D eigenvalue weighted by atomic mass is 10.2. The largest absolute Gasteiger partial charge is 0.493 e. The van der Waals surface area contributed by atoms with E-state index in [4.69, 9.17) is 9.47 Å². The molecule has 0 radical (unpaired) electrons. The number of ether oxygens (including phenoxy) is 2. The maximum Gasteiger partial charge on any atom is 0.269 e. The normalized spacial score (nSPS) is 12.6. The Kier molecular flexibility index (Phi) is 8.59. The molecule has 0 aliphatic carbocycles. The molecule has 11 nitrogen and oxygen atoms in total. The van der Waals surface area contributed by atoms with Gasteiger partial charge in [-0.2, -0.15) is 4.13 Å². The maximum atomic E-state index is 12.5. The first-order valence-electron chi connectivity index (χ1n) is 10.6. The van der Waals surface area contributed by atoms with Crippen LogP contribution in [0.3, 0.4) is 0 Å². The third-order valence-electron chi connectivity index (χ3n) is 4.69. The van der Waals surface area contributed by atoms with Crippen LogP contribution in [0.2, 0.25) is 0 Å². The number of non-ortho nitro benzene ring substituents is 1. The smallest absolute Gasteiger partial charge is 0.269 e. The Hall–Kier alpha value is -3.29. The van der Waals surface area contributed by atoms with E-state index in [-0.39, 0.29) is 16.6 Å². The predicted molar refractivity (Wildman–Crippen MR) is 138 cm³/mol. The number of nitrogens with zero attached hydrogens (tertiary/aromatic N) is 3. The summed E-state index contributed by atoms with van der Waals surface area (Å²) in [7, 11) is -3.05. The van der Waals surface area contributed by atoms with E-state index in [0.717, 1.165) is 17.5 Å². The van der Waals surface area contributed by atoms with Crippen LogP contribution in [0.1, 0.15) is 20.3 Å². The highest BCUT2D eigenvalue weighted by atomic mass is 32.3. The van der Waals surface area contributed by atoms with Crippen LogP contribution in [0.4, 0.5) is 11.5 Å². The molecule has 0 saturated heterocycles. The van der Waals surface area contributed by atoms with Crippen molar-refractivity contribution in [3.63, 3.8) is 0 Å². The van der Waals surface area contributed by atoms with Gasteiger partial charge in [-0.25, -0.2) is 18.4 Å². The highest BCUT2D eigenvalue weighted by Crippen LogP contribution is 2.34. The quantitative estimate of drug-likeness (QED) is 0.167. The molecular weight excluding hydrogens is 494 g/mol. The van der Waals surface area contributed by atoms with Crippen LogP contribution in [-0.2, 0) is 10.0 Å². The summed E-state index contributed by atoms with van der Waals surface area (Å²) < 4.78 is 39.0. The number of anilines is 1. The zero-order valence-corrected chi connectivity index (χ0v) is 21.4. The van der Waals surface area contributed by atoms with Gasteiger partial charge < -0.3 is 14.8 Å². The third kappa shape index (κ3) is 6.87. The van der Waals surface area contributed by atoms with Gasteiger partial charge in [-0.05, 0) is 43.7 Å². The highest BCUT2D eigenvalue weighted by molar-refractivity contribution is 8.19. The van der Waals surface area contributed by atoms with E-state index in [1.807, 2.05) is 19.9 Å². The summed E-state index contributed by atoms with van der Waals surface area (Å²) in [5.74, 6) is 1.76. The second kappa shape index (κ2) is 11.4. The SMILES string of the molecule is COc1cc2c(NC(C)C)ncnc2cc1OCCC=S(C)NS(=O)(=O)c1ccc([N+](=O)[O-])cc1. The number of benzene rings is 2. The molecule has 0 saturated carbocycles. The fraction of sp³-hybridized carbons (Fsp3) is 0.318. The molecule has 188 valence electrons.